The van der Waals surface area contributed by atoms with Gasteiger partial charge in [-0.15, -0.1) is 0 Å². The number of nitrogens with one attached hydrogen (secondary N) is 1. The molecule has 0 aromatic heterocycles. The Morgan fingerprint density at radius 2 is 1.60 bits per heavy atom. The van der Waals surface area contributed by atoms with Crippen LogP contribution >= 0.6 is 11.6 Å². The fourth-order valence-electron chi connectivity index (χ4n) is 4.38. The number of fused-ring (bicyclic) bond motifs is 1. The van der Waals surface area contributed by atoms with Gasteiger partial charge in [-0.1, -0.05) is 23.8 Å². The zero-order valence-corrected chi connectivity index (χ0v) is 14.6. The minimum absolute atomic E-state index is 0.128. The zero-order valence-electron chi connectivity index (χ0n) is 13.8. The molecule has 5 rings (SSSR count). The number of imide groups is 1. The molecule has 3 aliphatic carbocycles. The molecule has 1 N–H and O–H groups in total. The Morgan fingerprint density at radius 3 is 2.08 bits per heavy atom. The monoisotopic (exact) mass is 358 g/mol. The first-order valence-electron chi connectivity index (χ1n) is 8.59. The van der Waals surface area contributed by atoms with Gasteiger partial charge < -0.3 is 5.32 Å². The molecule has 3 amide bonds. The second-order valence-corrected chi connectivity index (χ2v) is 7.50. The van der Waals surface area contributed by atoms with E-state index in [0.29, 0.717) is 10.7 Å². The minimum atomic E-state index is -0.833. The number of hydrogen-bond acceptors (Lipinski definition) is 3. The van der Waals surface area contributed by atoms with E-state index in [-0.39, 0.29) is 41.4 Å². The van der Waals surface area contributed by atoms with Crippen molar-refractivity contribution in [2.45, 2.75) is 25.8 Å². The van der Waals surface area contributed by atoms with E-state index in [1.165, 1.54) is 4.90 Å². The van der Waals surface area contributed by atoms with E-state index in [2.05, 4.69) is 17.5 Å². The Hall–Kier alpha value is -2.14. The molecule has 1 aliphatic heterocycles. The maximum absolute atomic E-state index is 12.9. The molecule has 1 saturated carbocycles. The Bertz CT molecular complexity index is 741. The van der Waals surface area contributed by atoms with Crippen molar-refractivity contribution >= 4 is 35.0 Å². The molecular weight excluding hydrogens is 340 g/mol. The molecule has 1 aromatic rings. The predicted octanol–water partition coefficient (Wildman–Crippen LogP) is 2.86. The average molecular weight is 359 g/mol. The highest BCUT2D eigenvalue weighted by atomic mass is 35.5. The van der Waals surface area contributed by atoms with Crippen LogP contribution in [0.25, 0.3) is 0 Å². The van der Waals surface area contributed by atoms with Crippen molar-refractivity contribution in [3.63, 3.8) is 0 Å². The molecule has 5 atom stereocenters. The maximum atomic E-state index is 12.9. The van der Waals surface area contributed by atoms with Crippen molar-refractivity contribution in [3.05, 3.63) is 41.4 Å². The molecule has 25 heavy (non-hydrogen) atoms. The number of likely N-dealkylation sites (tertiary alicyclic amines) is 1. The van der Waals surface area contributed by atoms with Crippen LogP contribution in [0.1, 0.15) is 19.8 Å². The van der Waals surface area contributed by atoms with Crippen LogP contribution in [0.4, 0.5) is 5.69 Å². The number of amides is 3. The summed E-state index contributed by atoms with van der Waals surface area (Å²) in [5, 5.41) is 3.32. The van der Waals surface area contributed by atoms with E-state index in [4.69, 9.17) is 11.6 Å². The Balaban J connectivity index is 1.53. The molecule has 2 fully saturated rings. The van der Waals surface area contributed by atoms with E-state index in [9.17, 15) is 14.4 Å². The van der Waals surface area contributed by atoms with Gasteiger partial charge in [-0.2, -0.15) is 0 Å². The van der Waals surface area contributed by atoms with Crippen molar-refractivity contribution in [2.75, 3.05) is 5.32 Å². The summed E-state index contributed by atoms with van der Waals surface area (Å²) in [5.74, 6) is -1.10. The predicted molar refractivity (Wildman–Crippen MR) is 93.7 cm³/mol. The summed E-state index contributed by atoms with van der Waals surface area (Å²) in [6.07, 6.45) is 6.03. The summed E-state index contributed by atoms with van der Waals surface area (Å²) >= 11 is 5.84. The van der Waals surface area contributed by atoms with Crippen LogP contribution in [0.15, 0.2) is 36.4 Å². The lowest BCUT2D eigenvalue weighted by Gasteiger charge is -2.38. The molecule has 130 valence electrons. The van der Waals surface area contributed by atoms with E-state index in [0.717, 1.165) is 12.8 Å². The molecular formula is C19H19ClN2O3. The summed E-state index contributed by atoms with van der Waals surface area (Å²) in [4.78, 5) is 39.4. The van der Waals surface area contributed by atoms with Crippen LogP contribution in [0.3, 0.4) is 0 Å². The number of anilines is 1. The van der Waals surface area contributed by atoms with Gasteiger partial charge >= 0.3 is 0 Å². The first-order valence-corrected chi connectivity index (χ1v) is 8.97. The summed E-state index contributed by atoms with van der Waals surface area (Å²) in [6, 6.07) is 5.88. The van der Waals surface area contributed by atoms with Crippen LogP contribution in [0.5, 0.6) is 0 Å². The highest BCUT2D eigenvalue weighted by Crippen LogP contribution is 2.49. The largest absolute Gasteiger partial charge is 0.324 e. The Morgan fingerprint density at radius 1 is 1.08 bits per heavy atom. The number of carbonyl (C=O) groups excluding carboxylic acids is 3. The second kappa shape index (κ2) is 5.99. The molecule has 0 radical (unpaired) electrons. The van der Waals surface area contributed by atoms with Crippen molar-refractivity contribution in [1.82, 2.24) is 4.90 Å². The lowest BCUT2D eigenvalue weighted by Crippen LogP contribution is -2.46. The van der Waals surface area contributed by atoms with Crippen LogP contribution in [0.2, 0.25) is 5.02 Å². The molecule has 1 aromatic carbocycles. The van der Waals surface area contributed by atoms with Crippen molar-refractivity contribution in [3.8, 4) is 0 Å². The van der Waals surface area contributed by atoms with E-state index >= 15 is 0 Å². The highest BCUT2D eigenvalue weighted by molar-refractivity contribution is 6.30. The summed E-state index contributed by atoms with van der Waals surface area (Å²) < 4.78 is 0. The number of halogens is 1. The fourth-order valence-corrected chi connectivity index (χ4v) is 4.50. The summed E-state index contributed by atoms with van der Waals surface area (Å²) in [7, 11) is 0. The third-order valence-corrected chi connectivity index (χ3v) is 5.92. The lowest BCUT2D eigenvalue weighted by atomic mass is 9.63. The normalized spacial score (nSPS) is 31.2. The number of carbonyl (C=O) groups is 3. The summed E-state index contributed by atoms with van der Waals surface area (Å²) in [5.41, 5.74) is 0.583. The van der Waals surface area contributed by atoms with Crippen molar-refractivity contribution in [1.29, 1.82) is 0 Å². The topological polar surface area (TPSA) is 66.5 Å². The first kappa shape index (κ1) is 16.3. The van der Waals surface area contributed by atoms with Gasteiger partial charge in [0.05, 0.1) is 11.8 Å². The number of rotatable bonds is 3. The van der Waals surface area contributed by atoms with Gasteiger partial charge in [0.1, 0.15) is 6.04 Å². The molecule has 5 nitrogen and oxygen atoms in total. The Labute approximate surface area is 151 Å². The van der Waals surface area contributed by atoms with E-state index in [1.807, 2.05) is 0 Å². The standard InChI is InChI=1S/C19H19ClN2O3/c1-10(17(23)21-14-8-6-13(20)7-9-14)22-18(24)15-11-2-3-12(5-4-11)16(15)19(22)25/h2-3,6-12,15-16H,4-5H2,1H3,(H,21,23). The van der Waals surface area contributed by atoms with E-state index < -0.39 is 6.04 Å². The van der Waals surface area contributed by atoms with Crippen LogP contribution in [-0.4, -0.2) is 28.7 Å². The number of allylic oxidation sites excluding steroid dienone is 2. The molecule has 2 bridgehead atoms. The van der Waals surface area contributed by atoms with Gasteiger partial charge in [0.2, 0.25) is 17.7 Å². The zero-order chi connectivity index (χ0) is 17.7. The highest BCUT2D eigenvalue weighted by Gasteiger charge is 2.58. The van der Waals surface area contributed by atoms with Crippen LogP contribution in [0, 0.1) is 23.7 Å². The van der Waals surface area contributed by atoms with Crippen LogP contribution in [-0.2, 0) is 14.4 Å². The molecule has 4 aliphatic rings. The first-order chi connectivity index (χ1) is 12.0. The molecule has 1 saturated heterocycles. The van der Waals surface area contributed by atoms with Gasteiger partial charge in [0.25, 0.3) is 0 Å². The molecule has 1 heterocycles. The van der Waals surface area contributed by atoms with Gasteiger partial charge in [-0.3, -0.25) is 19.3 Å². The van der Waals surface area contributed by atoms with Crippen molar-refractivity contribution < 1.29 is 14.4 Å². The van der Waals surface area contributed by atoms with Gasteiger partial charge in [0, 0.05) is 10.7 Å². The number of nitrogens with zero attached hydrogens (tertiary/aromatic N) is 1. The lowest BCUT2D eigenvalue weighted by molar-refractivity contribution is -0.146. The third kappa shape index (κ3) is 2.58. The second-order valence-electron chi connectivity index (χ2n) is 7.06. The third-order valence-electron chi connectivity index (χ3n) is 5.67. The van der Waals surface area contributed by atoms with Gasteiger partial charge in [-0.05, 0) is 55.9 Å². The molecule has 5 unspecified atom stereocenters. The fraction of sp³-hybridized carbons (Fsp3) is 0.421. The number of hydrogen-bond donors (Lipinski definition) is 1. The Kier molecular flexibility index (Phi) is 3.91. The van der Waals surface area contributed by atoms with Gasteiger partial charge in [0.15, 0.2) is 0 Å². The van der Waals surface area contributed by atoms with Crippen LogP contribution < -0.4 is 5.32 Å². The molecule has 0 spiro atoms. The minimum Gasteiger partial charge on any atom is -0.324 e. The van der Waals surface area contributed by atoms with Gasteiger partial charge in [-0.25, -0.2) is 0 Å². The van der Waals surface area contributed by atoms with E-state index in [1.54, 1.807) is 31.2 Å². The molecule has 6 heteroatoms. The summed E-state index contributed by atoms with van der Waals surface area (Å²) in [6.45, 7) is 1.60. The maximum Gasteiger partial charge on any atom is 0.247 e. The number of benzene rings is 1. The van der Waals surface area contributed by atoms with Crippen molar-refractivity contribution in [2.24, 2.45) is 23.7 Å². The smallest absolute Gasteiger partial charge is 0.247 e. The average Bonchev–Trinajstić information content (AvgIpc) is 2.90. The quantitative estimate of drug-likeness (QED) is 0.667. The SMILES string of the molecule is CC(C(=O)Nc1ccc(Cl)cc1)N1C(=O)C2C3C=CC(CC3)C2C1=O.